The van der Waals surface area contributed by atoms with E-state index < -0.39 is 0 Å². The molecule has 3 rings (SSSR count). The summed E-state index contributed by atoms with van der Waals surface area (Å²) in [6.07, 6.45) is 0. The lowest BCUT2D eigenvalue weighted by atomic mass is 10.1. The van der Waals surface area contributed by atoms with Crippen molar-refractivity contribution in [2.24, 2.45) is 0 Å². The molecule has 1 aliphatic heterocycles. The Balaban J connectivity index is 1.88. The molecule has 0 unspecified atom stereocenters. The van der Waals surface area contributed by atoms with Gasteiger partial charge in [0.1, 0.15) is 5.75 Å². The molecule has 1 saturated heterocycles. The van der Waals surface area contributed by atoms with Gasteiger partial charge in [0.15, 0.2) is 0 Å². The van der Waals surface area contributed by atoms with Gasteiger partial charge in [-0.1, -0.05) is 17.7 Å². The van der Waals surface area contributed by atoms with E-state index >= 15 is 0 Å². The first-order valence-electron chi connectivity index (χ1n) is 8.06. The van der Waals surface area contributed by atoms with Crippen molar-refractivity contribution in [2.45, 2.75) is 6.92 Å². The van der Waals surface area contributed by atoms with Gasteiger partial charge >= 0.3 is 0 Å². The molecule has 0 spiro atoms. The quantitative estimate of drug-likeness (QED) is 0.938. The summed E-state index contributed by atoms with van der Waals surface area (Å²) >= 11 is 0. The Labute approximate surface area is 142 Å². The van der Waals surface area contributed by atoms with Crippen LogP contribution in [0.2, 0.25) is 0 Å². The number of anilines is 2. The molecule has 0 bridgehead atoms. The maximum atomic E-state index is 12.6. The number of hydrogen-bond acceptors (Lipinski definition) is 4. The normalized spacial score (nSPS) is 14.3. The monoisotopic (exact) mass is 326 g/mol. The fourth-order valence-electron chi connectivity index (χ4n) is 2.80. The number of benzene rings is 2. The number of carbonyl (C=O) groups excluding carboxylic acids is 1. The molecule has 0 radical (unpaired) electrons. The van der Waals surface area contributed by atoms with Crippen molar-refractivity contribution in [1.29, 1.82) is 0 Å². The molecule has 5 heteroatoms. The molecule has 0 atom stereocenters. The number of carbonyl (C=O) groups is 1. The minimum absolute atomic E-state index is 0.124. The maximum Gasteiger partial charge on any atom is 0.255 e. The van der Waals surface area contributed by atoms with Crippen LogP contribution in [0, 0.1) is 6.92 Å². The molecule has 24 heavy (non-hydrogen) atoms. The topological polar surface area (TPSA) is 50.8 Å². The second-order valence-electron chi connectivity index (χ2n) is 5.81. The zero-order chi connectivity index (χ0) is 16.9. The van der Waals surface area contributed by atoms with Gasteiger partial charge in [0.25, 0.3) is 5.91 Å². The Hall–Kier alpha value is -2.53. The molecule has 2 aromatic carbocycles. The second kappa shape index (κ2) is 7.36. The smallest absolute Gasteiger partial charge is 0.255 e. The van der Waals surface area contributed by atoms with Crippen LogP contribution in [0.4, 0.5) is 11.4 Å². The Morgan fingerprint density at radius 2 is 1.96 bits per heavy atom. The lowest BCUT2D eigenvalue weighted by molar-refractivity contribution is 0.102. The third-order valence-electron chi connectivity index (χ3n) is 4.08. The third-order valence-corrected chi connectivity index (χ3v) is 4.08. The predicted molar refractivity (Wildman–Crippen MR) is 95.2 cm³/mol. The molecule has 0 aliphatic carbocycles. The van der Waals surface area contributed by atoms with Crippen molar-refractivity contribution in [1.82, 2.24) is 0 Å². The van der Waals surface area contributed by atoms with Gasteiger partial charge in [-0.3, -0.25) is 4.79 Å². The van der Waals surface area contributed by atoms with Crippen molar-refractivity contribution >= 4 is 17.3 Å². The molecule has 0 aromatic heterocycles. The Bertz CT molecular complexity index is 724. The molecule has 1 N–H and O–H groups in total. The van der Waals surface area contributed by atoms with Crippen molar-refractivity contribution in [3.05, 3.63) is 53.6 Å². The van der Waals surface area contributed by atoms with Crippen LogP contribution in [0.3, 0.4) is 0 Å². The van der Waals surface area contributed by atoms with E-state index in [2.05, 4.69) is 10.2 Å². The first-order valence-corrected chi connectivity index (χ1v) is 8.06. The van der Waals surface area contributed by atoms with Crippen LogP contribution in [0.25, 0.3) is 0 Å². The highest BCUT2D eigenvalue weighted by Crippen LogP contribution is 2.31. The predicted octanol–water partition coefficient (Wildman–Crippen LogP) is 3.09. The van der Waals surface area contributed by atoms with Gasteiger partial charge in [0.05, 0.1) is 31.7 Å². The average Bonchev–Trinajstić information content (AvgIpc) is 2.62. The van der Waals surface area contributed by atoms with Crippen molar-refractivity contribution < 1.29 is 14.3 Å². The first-order chi connectivity index (χ1) is 11.7. The molecule has 1 fully saturated rings. The largest absolute Gasteiger partial charge is 0.497 e. The van der Waals surface area contributed by atoms with Gasteiger partial charge in [0, 0.05) is 24.7 Å². The van der Waals surface area contributed by atoms with Gasteiger partial charge in [-0.25, -0.2) is 0 Å². The summed E-state index contributed by atoms with van der Waals surface area (Å²) in [4.78, 5) is 14.8. The van der Waals surface area contributed by atoms with E-state index in [0.29, 0.717) is 24.5 Å². The fourth-order valence-corrected chi connectivity index (χ4v) is 2.80. The number of rotatable bonds is 4. The van der Waals surface area contributed by atoms with E-state index in [4.69, 9.17) is 9.47 Å². The van der Waals surface area contributed by atoms with Crippen molar-refractivity contribution in [2.75, 3.05) is 43.6 Å². The van der Waals surface area contributed by atoms with E-state index in [9.17, 15) is 4.79 Å². The van der Waals surface area contributed by atoms with Crippen LogP contribution >= 0.6 is 0 Å². The van der Waals surface area contributed by atoms with Gasteiger partial charge < -0.3 is 19.7 Å². The minimum atomic E-state index is -0.124. The van der Waals surface area contributed by atoms with Crippen LogP contribution in [0.1, 0.15) is 15.9 Å². The van der Waals surface area contributed by atoms with Gasteiger partial charge in [-0.2, -0.15) is 0 Å². The van der Waals surface area contributed by atoms with Crippen molar-refractivity contribution in [3.63, 3.8) is 0 Å². The zero-order valence-corrected chi connectivity index (χ0v) is 14.0. The van der Waals surface area contributed by atoms with E-state index in [1.165, 1.54) is 0 Å². The second-order valence-corrected chi connectivity index (χ2v) is 5.81. The molecule has 1 heterocycles. The highest BCUT2D eigenvalue weighted by atomic mass is 16.5. The maximum absolute atomic E-state index is 12.6. The molecule has 126 valence electrons. The number of aryl methyl sites for hydroxylation is 1. The number of nitrogens with one attached hydrogen (secondary N) is 1. The molecule has 0 saturated carbocycles. The molecular weight excluding hydrogens is 304 g/mol. The van der Waals surface area contributed by atoms with Crippen LogP contribution in [0.5, 0.6) is 5.75 Å². The lowest BCUT2D eigenvalue weighted by Gasteiger charge is -2.30. The van der Waals surface area contributed by atoms with Crippen LogP contribution < -0.4 is 15.0 Å². The summed E-state index contributed by atoms with van der Waals surface area (Å²) in [5.74, 6) is 0.591. The molecular formula is C19H22N2O3. The molecule has 2 aromatic rings. The van der Waals surface area contributed by atoms with Crippen molar-refractivity contribution in [3.8, 4) is 5.75 Å². The van der Waals surface area contributed by atoms with E-state index in [-0.39, 0.29) is 5.91 Å². The zero-order valence-electron chi connectivity index (χ0n) is 14.0. The number of ether oxygens (including phenoxy) is 2. The highest BCUT2D eigenvalue weighted by molar-refractivity contribution is 6.06. The average molecular weight is 326 g/mol. The molecule has 5 nitrogen and oxygen atoms in total. The van der Waals surface area contributed by atoms with Crippen LogP contribution in [-0.2, 0) is 4.74 Å². The summed E-state index contributed by atoms with van der Waals surface area (Å²) in [6.45, 7) is 4.97. The highest BCUT2D eigenvalue weighted by Gasteiger charge is 2.17. The van der Waals surface area contributed by atoms with Crippen LogP contribution in [0.15, 0.2) is 42.5 Å². The van der Waals surface area contributed by atoms with E-state index in [1.54, 1.807) is 7.11 Å². The van der Waals surface area contributed by atoms with Gasteiger partial charge in [0.2, 0.25) is 0 Å². The summed E-state index contributed by atoms with van der Waals surface area (Å²) in [5, 5.41) is 3.02. The van der Waals surface area contributed by atoms with E-state index in [1.807, 2.05) is 49.4 Å². The number of nitrogens with zero attached hydrogens (tertiary/aromatic N) is 1. The molecule has 1 amide bonds. The minimum Gasteiger partial charge on any atom is -0.497 e. The fraction of sp³-hybridized carbons (Fsp3) is 0.316. The third kappa shape index (κ3) is 3.68. The SMILES string of the molecule is COc1ccc(N2CCOCC2)c(NC(=O)c2cccc(C)c2)c1. The van der Waals surface area contributed by atoms with Crippen LogP contribution in [-0.4, -0.2) is 39.3 Å². The number of morpholine rings is 1. The summed E-state index contributed by atoms with van der Waals surface area (Å²) in [5.41, 5.74) is 3.44. The molecule has 1 aliphatic rings. The Morgan fingerprint density at radius 1 is 1.17 bits per heavy atom. The summed E-state index contributed by atoms with van der Waals surface area (Å²) in [7, 11) is 1.62. The first kappa shape index (κ1) is 16.3. The van der Waals surface area contributed by atoms with Gasteiger partial charge in [-0.05, 0) is 31.2 Å². The summed E-state index contributed by atoms with van der Waals surface area (Å²) in [6, 6.07) is 13.3. The summed E-state index contributed by atoms with van der Waals surface area (Å²) < 4.78 is 10.7. The number of methoxy groups -OCH3 is 1. The lowest BCUT2D eigenvalue weighted by Crippen LogP contribution is -2.36. The van der Waals surface area contributed by atoms with Gasteiger partial charge in [-0.15, -0.1) is 0 Å². The number of hydrogen-bond donors (Lipinski definition) is 1. The standard InChI is InChI=1S/C19H22N2O3/c1-14-4-3-5-15(12-14)19(22)20-17-13-16(23-2)6-7-18(17)21-8-10-24-11-9-21/h3-7,12-13H,8-11H2,1-2H3,(H,20,22). The Kier molecular flexibility index (Phi) is 5.01. The Morgan fingerprint density at radius 3 is 2.67 bits per heavy atom. The number of amides is 1. The van der Waals surface area contributed by atoms with E-state index in [0.717, 1.165) is 30.0 Å².